The van der Waals surface area contributed by atoms with Gasteiger partial charge < -0.3 is 19.9 Å². The van der Waals surface area contributed by atoms with Crippen molar-refractivity contribution >= 4 is 0 Å². The van der Waals surface area contributed by atoms with Crippen molar-refractivity contribution in [3.05, 3.63) is 29.8 Å². The number of ether oxygens (including phenoxy) is 3. The fraction of sp³-hybridized carbons (Fsp3) is 0.571. The maximum atomic E-state index is 6.49. The molecule has 0 aromatic heterocycles. The van der Waals surface area contributed by atoms with Crippen LogP contribution < -0.4 is 10.5 Å². The summed E-state index contributed by atoms with van der Waals surface area (Å²) in [5.41, 5.74) is 7.24. The number of para-hydroxylation sites is 1. The molecular formula is C14H21NO3. The van der Waals surface area contributed by atoms with Crippen LogP contribution in [0, 0.1) is 0 Å². The van der Waals surface area contributed by atoms with E-state index in [1.165, 1.54) is 0 Å². The summed E-state index contributed by atoms with van der Waals surface area (Å²) < 4.78 is 16.1. The van der Waals surface area contributed by atoms with E-state index < -0.39 is 0 Å². The average Bonchev–Trinajstić information content (AvgIpc) is 2.40. The van der Waals surface area contributed by atoms with Crippen molar-refractivity contribution in [2.75, 3.05) is 33.5 Å². The van der Waals surface area contributed by atoms with E-state index >= 15 is 0 Å². The first-order valence-corrected chi connectivity index (χ1v) is 6.34. The van der Waals surface area contributed by atoms with Crippen molar-refractivity contribution in [1.82, 2.24) is 0 Å². The van der Waals surface area contributed by atoms with Gasteiger partial charge in [-0.05, 0) is 18.9 Å². The average molecular weight is 251 g/mol. The zero-order valence-corrected chi connectivity index (χ0v) is 10.9. The van der Waals surface area contributed by atoms with Crippen LogP contribution in [0.15, 0.2) is 24.3 Å². The quantitative estimate of drug-likeness (QED) is 0.809. The molecule has 4 nitrogen and oxygen atoms in total. The van der Waals surface area contributed by atoms with Crippen molar-refractivity contribution in [2.24, 2.45) is 5.73 Å². The molecule has 0 spiro atoms. The molecule has 0 atom stereocenters. The van der Waals surface area contributed by atoms with E-state index in [-0.39, 0.29) is 5.54 Å². The molecule has 4 heteroatoms. The fourth-order valence-corrected chi connectivity index (χ4v) is 2.24. The molecule has 0 unspecified atom stereocenters. The van der Waals surface area contributed by atoms with Gasteiger partial charge in [0.25, 0.3) is 0 Å². The second-order valence-electron chi connectivity index (χ2n) is 4.61. The Morgan fingerprint density at radius 1 is 1.22 bits per heavy atom. The van der Waals surface area contributed by atoms with Gasteiger partial charge in [0.15, 0.2) is 0 Å². The van der Waals surface area contributed by atoms with Crippen LogP contribution in [0.2, 0.25) is 0 Å². The third-order valence-electron chi connectivity index (χ3n) is 3.35. The van der Waals surface area contributed by atoms with E-state index in [9.17, 15) is 0 Å². The van der Waals surface area contributed by atoms with Gasteiger partial charge in [0, 0.05) is 31.4 Å². The van der Waals surface area contributed by atoms with E-state index in [0.717, 1.165) is 24.2 Å². The van der Waals surface area contributed by atoms with Crippen LogP contribution in [0.5, 0.6) is 5.75 Å². The lowest BCUT2D eigenvalue weighted by Crippen LogP contribution is -2.42. The van der Waals surface area contributed by atoms with Gasteiger partial charge in [-0.2, -0.15) is 0 Å². The molecular weight excluding hydrogens is 230 g/mol. The van der Waals surface area contributed by atoms with Crippen LogP contribution in [0.1, 0.15) is 18.4 Å². The molecule has 1 aromatic rings. The smallest absolute Gasteiger partial charge is 0.124 e. The number of methoxy groups -OCH3 is 1. The van der Waals surface area contributed by atoms with E-state index in [1.807, 2.05) is 24.3 Å². The third-order valence-corrected chi connectivity index (χ3v) is 3.35. The van der Waals surface area contributed by atoms with E-state index in [0.29, 0.717) is 26.4 Å². The predicted molar refractivity (Wildman–Crippen MR) is 69.7 cm³/mol. The lowest BCUT2D eigenvalue weighted by atomic mass is 9.83. The minimum absolute atomic E-state index is 0.331. The van der Waals surface area contributed by atoms with Gasteiger partial charge in [-0.15, -0.1) is 0 Å². The standard InChI is InChI=1S/C14H21NO3/c1-16-10-11-18-13-5-3-2-4-12(13)14(15)6-8-17-9-7-14/h2-5H,6-11,15H2,1H3. The van der Waals surface area contributed by atoms with E-state index in [1.54, 1.807) is 7.11 Å². The van der Waals surface area contributed by atoms with E-state index in [4.69, 9.17) is 19.9 Å². The van der Waals surface area contributed by atoms with Crippen LogP contribution in [0.3, 0.4) is 0 Å². The third kappa shape index (κ3) is 3.02. The number of hydrogen-bond acceptors (Lipinski definition) is 4. The Labute approximate surface area is 108 Å². The minimum Gasteiger partial charge on any atom is -0.491 e. The fourth-order valence-electron chi connectivity index (χ4n) is 2.24. The van der Waals surface area contributed by atoms with Crippen LogP contribution in [-0.2, 0) is 15.0 Å². The molecule has 0 amide bonds. The first-order chi connectivity index (χ1) is 8.76. The Balaban J connectivity index is 2.15. The van der Waals surface area contributed by atoms with Crippen LogP contribution in [0.25, 0.3) is 0 Å². The van der Waals surface area contributed by atoms with Crippen LogP contribution in [0.4, 0.5) is 0 Å². The molecule has 2 rings (SSSR count). The number of hydrogen-bond donors (Lipinski definition) is 1. The highest BCUT2D eigenvalue weighted by Gasteiger charge is 2.32. The van der Waals surface area contributed by atoms with Crippen molar-refractivity contribution < 1.29 is 14.2 Å². The summed E-state index contributed by atoms with van der Waals surface area (Å²) in [5, 5.41) is 0. The van der Waals surface area contributed by atoms with Crippen molar-refractivity contribution in [3.63, 3.8) is 0 Å². The van der Waals surface area contributed by atoms with Crippen molar-refractivity contribution in [2.45, 2.75) is 18.4 Å². The van der Waals surface area contributed by atoms with Gasteiger partial charge in [-0.3, -0.25) is 0 Å². The topological polar surface area (TPSA) is 53.7 Å². The lowest BCUT2D eigenvalue weighted by Gasteiger charge is -2.34. The molecule has 100 valence electrons. The Kier molecular flexibility index (Phi) is 4.58. The molecule has 1 heterocycles. The van der Waals surface area contributed by atoms with Gasteiger partial charge in [0.2, 0.25) is 0 Å². The second kappa shape index (κ2) is 6.18. The van der Waals surface area contributed by atoms with Gasteiger partial charge in [-0.1, -0.05) is 18.2 Å². The second-order valence-corrected chi connectivity index (χ2v) is 4.61. The molecule has 0 bridgehead atoms. The van der Waals surface area contributed by atoms with Gasteiger partial charge >= 0.3 is 0 Å². The minimum atomic E-state index is -0.331. The molecule has 0 saturated carbocycles. The Morgan fingerprint density at radius 2 is 1.94 bits per heavy atom. The zero-order chi connectivity index (χ0) is 12.8. The first-order valence-electron chi connectivity index (χ1n) is 6.34. The maximum Gasteiger partial charge on any atom is 0.124 e. The van der Waals surface area contributed by atoms with Gasteiger partial charge in [0.05, 0.1) is 6.61 Å². The van der Waals surface area contributed by atoms with Crippen molar-refractivity contribution in [1.29, 1.82) is 0 Å². The number of benzene rings is 1. The first kappa shape index (κ1) is 13.3. The molecule has 1 aliphatic rings. The van der Waals surface area contributed by atoms with Gasteiger partial charge in [-0.25, -0.2) is 0 Å². The predicted octanol–water partition coefficient (Wildman–Crippen LogP) is 1.68. The molecule has 0 radical (unpaired) electrons. The Bertz CT molecular complexity index is 375. The normalized spacial score (nSPS) is 18.6. The Hall–Kier alpha value is -1.10. The lowest BCUT2D eigenvalue weighted by molar-refractivity contribution is 0.0508. The summed E-state index contributed by atoms with van der Waals surface area (Å²) in [4.78, 5) is 0. The summed E-state index contributed by atoms with van der Waals surface area (Å²) >= 11 is 0. The SMILES string of the molecule is COCCOc1ccccc1C1(N)CCOCC1. The summed E-state index contributed by atoms with van der Waals surface area (Å²) in [5.74, 6) is 0.860. The highest BCUT2D eigenvalue weighted by atomic mass is 16.5. The molecule has 18 heavy (non-hydrogen) atoms. The molecule has 1 aromatic carbocycles. The summed E-state index contributed by atoms with van der Waals surface area (Å²) in [6.45, 7) is 2.54. The van der Waals surface area contributed by atoms with Crippen molar-refractivity contribution in [3.8, 4) is 5.75 Å². The summed E-state index contributed by atoms with van der Waals surface area (Å²) in [6.07, 6.45) is 1.66. The highest BCUT2D eigenvalue weighted by Crippen LogP contribution is 2.35. The number of rotatable bonds is 5. The zero-order valence-electron chi connectivity index (χ0n) is 10.9. The highest BCUT2D eigenvalue weighted by molar-refractivity contribution is 5.39. The largest absolute Gasteiger partial charge is 0.491 e. The summed E-state index contributed by atoms with van der Waals surface area (Å²) in [7, 11) is 1.66. The molecule has 2 N–H and O–H groups in total. The summed E-state index contributed by atoms with van der Waals surface area (Å²) in [6, 6.07) is 7.99. The molecule has 0 aliphatic carbocycles. The van der Waals surface area contributed by atoms with E-state index in [2.05, 4.69) is 0 Å². The van der Waals surface area contributed by atoms with Crippen LogP contribution in [-0.4, -0.2) is 33.5 Å². The monoisotopic (exact) mass is 251 g/mol. The molecule has 1 saturated heterocycles. The molecule has 1 aliphatic heterocycles. The number of nitrogens with two attached hydrogens (primary N) is 1. The maximum absolute atomic E-state index is 6.49. The Morgan fingerprint density at radius 3 is 2.67 bits per heavy atom. The van der Waals surface area contributed by atoms with Crippen LogP contribution >= 0.6 is 0 Å². The molecule has 1 fully saturated rings. The van der Waals surface area contributed by atoms with Gasteiger partial charge in [0.1, 0.15) is 12.4 Å².